The SMILES string of the molecule is C=CC(C)NC(=O)OC(C)(C)C.C=CC(C)n1cc(C(=O)OCC)c(=O)cc1-c1ccccc1Br.CC.CC.CC.CC.CC.CC.CC1CCc2ccccc2-c2cc(=O)c(C(=O)O)cn21.CCOC(=O)/C(=C\N(C)C)C(C)=O.CCOC(=O)c1cn2c(cc1=O)-c1ccccc1CCC2C.CCOC(=O)c1coc(-c2ccccc2Br)cc1=O.O=C(Cl)c1ccccc1Br.O=C(O)c1ccccc1Br.O=S(Cl)Cl. The molecule has 6 aromatic carbocycles. The number of nitrogens with zero attached hydrogens (tertiary/aromatic N) is 4. The van der Waals surface area contributed by atoms with E-state index >= 15 is 0 Å². The summed E-state index contributed by atoms with van der Waals surface area (Å²) in [7, 11) is 10.8. The van der Waals surface area contributed by atoms with Crippen LogP contribution in [-0.4, -0.2) is 138 Å². The number of aromatic carboxylic acids is 2. The number of alkyl carbamates (subject to hydrolysis) is 1. The zero-order chi connectivity index (χ0) is 112. The van der Waals surface area contributed by atoms with E-state index in [0.717, 1.165) is 79.0 Å². The Morgan fingerprint density at radius 2 is 0.841 bits per heavy atom. The van der Waals surface area contributed by atoms with Crippen molar-refractivity contribution in [2.45, 2.75) is 222 Å². The molecule has 2 aliphatic rings. The maximum atomic E-state index is 12.3. The molecule has 4 aromatic heterocycles. The number of Topliss-reactive ketones (excluding diaryl/α,β-unsaturated/α-hetero) is 1. The Morgan fingerprint density at radius 1 is 0.497 bits per heavy atom. The molecule has 35 heteroatoms. The molecule has 0 bridgehead atoms. The summed E-state index contributed by atoms with van der Waals surface area (Å²) < 4.78 is 47.7. The summed E-state index contributed by atoms with van der Waals surface area (Å²) >= 11 is 18.4. The Kier molecular flexibility index (Phi) is 72.3. The predicted octanol–water partition coefficient (Wildman–Crippen LogP) is 28.2. The lowest BCUT2D eigenvalue weighted by molar-refractivity contribution is -0.140. The molecule has 0 aliphatic carbocycles. The third-order valence-corrected chi connectivity index (χ3v) is 21.6. The van der Waals surface area contributed by atoms with Crippen molar-refractivity contribution in [1.29, 1.82) is 0 Å². The summed E-state index contributed by atoms with van der Waals surface area (Å²) in [5, 5.41) is 19.8. The fourth-order valence-electron chi connectivity index (χ4n) is 12.1. The van der Waals surface area contributed by atoms with Crippen LogP contribution in [0.15, 0.2) is 273 Å². The van der Waals surface area contributed by atoms with Crippen LogP contribution in [0.5, 0.6) is 0 Å². The van der Waals surface area contributed by atoms with E-state index in [0.29, 0.717) is 27.1 Å². The van der Waals surface area contributed by atoms with E-state index in [1.165, 1.54) is 48.6 Å². The van der Waals surface area contributed by atoms with Crippen LogP contribution in [0, 0.1) is 0 Å². The molecule has 4 atom stereocenters. The smallest absolute Gasteiger partial charge is 0.408 e. The van der Waals surface area contributed by atoms with Gasteiger partial charge in [-0.15, -0.1) is 13.2 Å². The molecule has 10 aromatic rings. The second kappa shape index (κ2) is 76.1. The number of aryl methyl sites for hydroxylation is 2. The second-order valence-electron chi connectivity index (χ2n) is 29.7. The first kappa shape index (κ1) is 138. The van der Waals surface area contributed by atoms with Crippen molar-refractivity contribution >= 4 is 159 Å². The number of hydrogen-bond donors (Lipinski definition) is 3. The lowest BCUT2D eigenvalue weighted by Crippen LogP contribution is -2.36. The van der Waals surface area contributed by atoms with E-state index in [4.69, 9.17) is 54.1 Å². The highest BCUT2D eigenvalue weighted by molar-refractivity contribution is 9.11. The number of esters is 4. The number of rotatable bonds is 19. The molecule has 12 rings (SSSR count). The van der Waals surface area contributed by atoms with Gasteiger partial charge < -0.3 is 62.2 Å². The zero-order valence-electron chi connectivity index (χ0n) is 87.5. The molecule has 4 unspecified atom stereocenters. The summed E-state index contributed by atoms with van der Waals surface area (Å²) in [6, 6.07) is 50.8. The number of nitrogens with one attached hydrogen (secondary N) is 1. The second-order valence-corrected chi connectivity index (χ2v) is 36.0. The largest absolute Gasteiger partial charge is 0.478 e. The number of hydrogen-bond acceptors (Lipinski definition) is 21. The molecule has 1 amide bonds. The first-order valence-corrected chi connectivity index (χ1v) is 53.5. The summed E-state index contributed by atoms with van der Waals surface area (Å²) in [6.07, 6.45) is 14.0. The van der Waals surface area contributed by atoms with Gasteiger partial charge in [-0.3, -0.25) is 28.8 Å². The number of pyridine rings is 3. The van der Waals surface area contributed by atoms with E-state index in [2.05, 4.69) is 123 Å². The highest BCUT2D eigenvalue weighted by Gasteiger charge is 2.26. The molecule has 6 heterocycles. The first-order valence-electron chi connectivity index (χ1n) is 47.1. The van der Waals surface area contributed by atoms with Crippen molar-refractivity contribution in [3.05, 3.63) is 335 Å². The molecule has 0 radical (unpaired) electrons. The van der Waals surface area contributed by atoms with Gasteiger partial charge in [-0.05, 0) is 184 Å². The van der Waals surface area contributed by atoms with Gasteiger partial charge in [-0.2, -0.15) is 0 Å². The summed E-state index contributed by atoms with van der Waals surface area (Å²) in [5.41, 5.74) is 7.33. The normalized spacial score (nSPS) is 11.9. The monoisotopic (exact) mass is 2340 g/mol. The van der Waals surface area contributed by atoms with Gasteiger partial charge in [0.05, 0.1) is 49.1 Å². The fraction of sp³-hybridized carbons (Fsp3) is 0.355. The highest BCUT2D eigenvalue weighted by Crippen LogP contribution is 2.36. The number of aromatic nitrogens is 3. The molecule has 145 heavy (non-hydrogen) atoms. The van der Waals surface area contributed by atoms with Crippen molar-refractivity contribution in [3.8, 4) is 45.1 Å². The average Bonchev–Trinajstić information content (AvgIpc) is 1.70. The quantitative estimate of drug-likeness (QED) is 0.0129. The van der Waals surface area contributed by atoms with Gasteiger partial charge in [0.15, 0.2) is 27.5 Å². The highest BCUT2D eigenvalue weighted by atomic mass is 79.9. The number of carboxylic acid groups (broad SMARTS) is 2. The predicted molar refractivity (Wildman–Crippen MR) is 602 cm³/mol. The van der Waals surface area contributed by atoms with Crippen molar-refractivity contribution in [2.75, 3.05) is 40.5 Å². The number of fused-ring (bicyclic) bond motifs is 6. The van der Waals surface area contributed by atoms with Crippen LogP contribution in [0.2, 0.25) is 0 Å². The van der Waals surface area contributed by atoms with Crippen LogP contribution in [0.4, 0.5) is 4.79 Å². The van der Waals surface area contributed by atoms with Gasteiger partial charge in [-0.1, -0.05) is 252 Å². The number of allylic oxidation sites excluding steroid dienone is 1. The minimum absolute atomic E-state index is 0.0244. The summed E-state index contributed by atoms with van der Waals surface area (Å²) in [4.78, 5) is 151. The Bertz CT molecular complexity index is 6030. The van der Waals surface area contributed by atoms with Crippen LogP contribution in [0.3, 0.4) is 0 Å². The fourth-order valence-corrected chi connectivity index (χ4v) is 14.3. The number of carbonyl (C=O) groups excluding carboxylic acids is 7. The molecule has 0 saturated heterocycles. The van der Waals surface area contributed by atoms with E-state index in [1.54, 1.807) is 120 Å². The Hall–Kier alpha value is -11.5. The lowest BCUT2D eigenvalue weighted by atomic mass is 10.0. The van der Waals surface area contributed by atoms with Crippen molar-refractivity contribution in [2.24, 2.45) is 0 Å². The van der Waals surface area contributed by atoms with E-state index in [-0.39, 0.29) is 95.1 Å². The number of carboxylic acids is 2. The van der Waals surface area contributed by atoms with Gasteiger partial charge in [0.25, 0.3) is 5.24 Å². The van der Waals surface area contributed by atoms with Crippen molar-refractivity contribution < 1.29 is 85.7 Å². The molecular weight excluding hydrogens is 2200 g/mol. The van der Waals surface area contributed by atoms with Crippen molar-refractivity contribution in [3.63, 3.8) is 0 Å². The van der Waals surface area contributed by atoms with E-state index < -0.39 is 72.8 Å². The van der Waals surface area contributed by atoms with E-state index in [9.17, 15) is 62.3 Å². The lowest BCUT2D eigenvalue weighted by Gasteiger charge is -2.20. The van der Waals surface area contributed by atoms with Crippen LogP contribution < -0.4 is 27.0 Å². The Balaban J connectivity index is -0.00000158. The Morgan fingerprint density at radius 3 is 1.19 bits per heavy atom. The first-order chi connectivity index (χ1) is 68.8. The molecule has 0 spiro atoms. The number of carbonyl (C=O) groups is 9. The van der Waals surface area contributed by atoms with E-state index in [1.807, 2.05) is 229 Å². The summed E-state index contributed by atoms with van der Waals surface area (Å²) in [6.45, 7) is 53.9. The van der Waals surface area contributed by atoms with Crippen LogP contribution in [0.25, 0.3) is 45.1 Å². The van der Waals surface area contributed by atoms with Gasteiger partial charge in [0.2, 0.25) is 9.23 Å². The third kappa shape index (κ3) is 49.1. The van der Waals surface area contributed by atoms with Gasteiger partial charge >= 0.3 is 41.9 Å². The Labute approximate surface area is 903 Å². The molecule has 0 saturated carbocycles. The molecular formula is C110H140Br4Cl3N5O22S. The maximum Gasteiger partial charge on any atom is 0.408 e. The van der Waals surface area contributed by atoms with Gasteiger partial charge in [-0.25, -0.2) is 37.8 Å². The van der Waals surface area contributed by atoms with Crippen LogP contribution in [-0.2, 0) is 55.3 Å². The van der Waals surface area contributed by atoms with Crippen LogP contribution >= 0.6 is 96.7 Å². The molecule has 2 aliphatic heterocycles. The topological polar surface area (TPSA) is 369 Å². The minimum Gasteiger partial charge on any atom is -0.478 e. The number of halogens is 7. The van der Waals surface area contributed by atoms with Crippen LogP contribution in [0.1, 0.15) is 270 Å². The number of benzene rings is 6. The van der Waals surface area contributed by atoms with Gasteiger partial charge in [0, 0.05) is 154 Å². The average molecular weight is 2340 g/mol. The maximum absolute atomic E-state index is 12.3. The molecule has 27 nitrogen and oxygen atoms in total. The minimum atomic E-state index is -1.67. The van der Waals surface area contributed by atoms with Crippen molar-refractivity contribution in [1.82, 2.24) is 23.9 Å². The summed E-state index contributed by atoms with van der Waals surface area (Å²) in [5.74, 6) is -4.37. The zero-order valence-corrected chi connectivity index (χ0v) is 96.9. The molecule has 3 N–H and O–H groups in total. The molecule has 792 valence electrons. The molecule has 0 fully saturated rings. The number of ether oxygens (including phenoxy) is 5. The number of amides is 1. The van der Waals surface area contributed by atoms with Gasteiger partial charge in [0.1, 0.15) is 45.5 Å². The number of ketones is 1. The third-order valence-electron chi connectivity index (χ3n) is 18.6. The standard InChI is InChI=1S/C18H18BrNO3.C18H19NO3.C16H15NO3.C14H11BrO4.C9H15NO3.C9H17NO2.C7H4BrClO.C7H5BrO2.6C2H6.Cl2OS/c1-4-12(3)20-11-14(18(22)23-5-2)17(21)10-16(20)13-8-6-7-9-15(13)19;1-3-22-18(21)15-11-19-12(2)8-9-13-6-4-5-7-14(13)16(19)10-17(15)20;1-10-6-7-11-4-2-3-5-12(11)14-8-15(18)13(16(19)20)9-17(10)14;1-2-18-14(17)10-8-19-13(7-12(10)16)9-5-3-4-6-11(9)15;1-5-13-9(12)8(7(2)11)6-10(3)4;1-6-7(2)10-8(11)12-9(3,4)5;2*8-6-4-2-1-3-5(6)7(9)10;6*1-2;1-4(2)3/h4,6-12H,1,5H2,2-3H3;4-7,10-12H,3,8-9H2,1-2H3;2-5,8-10H,6-7H2,1H3,(H,19,20);3-8H,2H2,1H3;6H,5H2,1-4H3;6-7H,1H2,2-5H3,(H,10,11);1-4H;1-4H,(H,9,10);6*1-2H3;/b;;;;8-6-;;;;;;;;;;.